The van der Waals surface area contributed by atoms with Crippen LogP contribution in [0, 0.1) is 0 Å². The predicted molar refractivity (Wildman–Crippen MR) is 53.5 cm³/mol. The van der Waals surface area contributed by atoms with Gasteiger partial charge in [-0.3, -0.25) is 0 Å². The van der Waals surface area contributed by atoms with E-state index in [2.05, 4.69) is 26.1 Å². The van der Waals surface area contributed by atoms with Crippen LogP contribution in [0.25, 0.3) is 0 Å². The highest BCUT2D eigenvalue weighted by molar-refractivity contribution is 4.70. The molecule has 0 aromatic carbocycles. The average molecular weight is 173 g/mol. The molecule has 0 heterocycles. The van der Waals surface area contributed by atoms with Gasteiger partial charge in [0.05, 0.1) is 6.61 Å². The van der Waals surface area contributed by atoms with Gasteiger partial charge >= 0.3 is 0 Å². The third kappa shape index (κ3) is 4.73. The van der Waals surface area contributed by atoms with Gasteiger partial charge in [0.25, 0.3) is 0 Å². The molecule has 0 aromatic rings. The lowest BCUT2D eigenvalue weighted by Crippen LogP contribution is -2.39. The van der Waals surface area contributed by atoms with Crippen LogP contribution in [0.4, 0.5) is 0 Å². The van der Waals surface area contributed by atoms with Gasteiger partial charge in [-0.15, -0.1) is 0 Å². The maximum atomic E-state index is 5.12. The SMILES string of the molecule is CCC(CC)NC(CC)COC. The summed E-state index contributed by atoms with van der Waals surface area (Å²) < 4.78 is 5.12. The minimum absolute atomic E-state index is 0.528. The summed E-state index contributed by atoms with van der Waals surface area (Å²) in [5.41, 5.74) is 0. The Morgan fingerprint density at radius 1 is 1.00 bits per heavy atom. The molecule has 0 spiro atoms. The first-order chi connectivity index (χ1) is 5.78. The Morgan fingerprint density at radius 3 is 1.83 bits per heavy atom. The predicted octanol–water partition coefficient (Wildman–Crippen LogP) is 2.19. The van der Waals surface area contributed by atoms with Crippen molar-refractivity contribution < 1.29 is 4.74 Å². The summed E-state index contributed by atoms with van der Waals surface area (Å²) in [5.74, 6) is 0. The Bertz CT molecular complexity index is 91.8. The fourth-order valence-corrected chi connectivity index (χ4v) is 1.34. The summed E-state index contributed by atoms with van der Waals surface area (Å²) in [6.07, 6.45) is 3.55. The van der Waals surface area contributed by atoms with Gasteiger partial charge in [0.15, 0.2) is 0 Å². The minimum Gasteiger partial charge on any atom is -0.383 e. The van der Waals surface area contributed by atoms with E-state index >= 15 is 0 Å². The van der Waals surface area contributed by atoms with Gasteiger partial charge in [-0.05, 0) is 19.3 Å². The van der Waals surface area contributed by atoms with Crippen LogP contribution in [0.2, 0.25) is 0 Å². The molecule has 12 heavy (non-hydrogen) atoms. The van der Waals surface area contributed by atoms with Crippen molar-refractivity contribution >= 4 is 0 Å². The van der Waals surface area contributed by atoms with Crippen LogP contribution >= 0.6 is 0 Å². The van der Waals surface area contributed by atoms with Crippen LogP contribution in [0.5, 0.6) is 0 Å². The fraction of sp³-hybridized carbons (Fsp3) is 1.00. The number of nitrogens with one attached hydrogen (secondary N) is 1. The van der Waals surface area contributed by atoms with E-state index < -0.39 is 0 Å². The van der Waals surface area contributed by atoms with Crippen molar-refractivity contribution in [3.8, 4) is 0 Å². The van der Waals surface area contributed by atoms with E-state index in [-0.39, 0.29) is 0 Å². The Balaban J connectivity index is 3.65. The molecule has 1 unspecified atom stereocenters. The first-order valence-electron chi connectivity index (χ1n) is 5.03. The largest absolute Gasteiger partial charge is 0.383 e. The van der Waals surface area contributed by atoms with Gasteiger partial charge in [0.2, 0.25) is 0 Å². The van der Waals surface area contributed by atoms with Crippen molar-refractivity contribution in [3.05, 3.63) is 0 Å². The highest BCUT2D eigenvalue weighted by Gasteiger charge is 2.09. The number of ether oxygens (including phenoxy) is 1. The smallest absolute Gasteiger partial charge is 0.0615 e. The van der Waals surface area contributed by atoms with Gasteiger partial charge in [-0.2, -0.15) is 0 Å². The van der Waals surface area contributed by atoms with E-state index in [0.717, 1.165) is 13.0 Å². The van der Waals surface area contributed by atoms with Crippen LogP contribution in [-0.4, -0.2) is 25.8 Å². The van der Waals surface area contributed by atoms with E-state index in [1.807, 2.05) is 0 Å². The summed E-state index contributed by atoms with van der Waals surface area (Å²) in [6, 6.07) is 1.19. The van der Waals surface area contributed by atoms with Crippen molar-refractivity contribution in [3.63, 3.8) is 0 Å². The van der Waals surface area contributed by atoms with Crippen molar-refractivity contribution in [1.29, 1.82) is 0 Å². The molecule has 0 bridgehead atoms. The number of hydrogen-bond acceptors (Lipinski definition) is 2. The molecule has 0 aliphatic rings. The Kier molecular flexibility index (Phi) is 7.51. The van der Waals surface area contributed by atoms with Gasteiger partial charge < -0.3 is 10.1 Å². The van der Waals surface area contributed by atoms with Crippen LogP contribution in [0.1, 0.15) is 40.0 Å². The molecule has 2 heteroatoms. The fourth-order valence-electron chi connectivity index (χ4n) is 1.34. The normalized spacial score (nSPS) is 13.8. The molecule has 0 amide bonds. The summed E-state index contributed by atoms with van der Waals surface area (Å²) in [6.45, 7) is 7.47. The van der Waals surface area contributed by atoms with Gasteiger partial charge in [0.1, 0.15) is 0 Å². The molecule has 0 saturated carbocycles. The van der Waals surface area contributed by atoms with Gasteiger partial charge in [-0.1, -0.05) is 20.8 Å². The molecule has 0 rings (SSSR count). The molecule has 0 aromatic heterocycles. The van der Waals surface area contributed by atoms with E-state index in [9.17, 15) is 0 Å². The van der Waals surface area contributed by atoms with Crippen molar-refractivity contribution in [2.24, 2.45) is 0 Å². The maximum Gasteiger partial charge on any atom is 0.0615 e. The summed E-state index contributed by atoms with van der Waals surface area (Å²) in [5, 5.41) is 3.58. The highest BCUT2D eigenvalue weighted by Crippen LogP contribution is 2.00. The second kappa shape index (κ2) is 7.56. The zero-order valence-corrected chi connectivity index (χ0v) is 8.89. The van der Waals surface area contributed by atoms with E-state index in [1.54, 1.807) is 7.11 Å². The molecule has 0 saturated heterocycles. The number of hydrogen-bond donors (Lipinski definition) is 1. The summed E-state index contributed by atoms with van der Waals surface area (Å²) in [4.78, 5) is 0. The molecule has 1 N–H and O–H groups in total. The molecule has 2 nitrogen and oxygen atoms in total. The Morgan fingerprint density at radius 2 is 1.50 bits per heavy atom. The molecular formula is C10H23NO. The Labute approximate surface area is 76.7 Å². The topological polar surface area (TPSA) is 21.3 Å². The number of methoxy groups -OCH3 is 1. The van der Waals surface area contributed by atoms with Crippen molar-refractivity contribution in [2.75, 3.05) is 13.7 Å². The van der Waals surface area contributed by atoms with Gasteiger partial charge in [-0.25, -0.2) is 0 Å². The zero-order valence-electron chi connectivity index (χ0n) is 8.89. The third-order valence-corrected chi connectivity index (χ3v) is 2.32. The maximum absolute atomic E-state index is 5.12. The molecule has 0 radical (unpaired) electrons. The first kappa shape index (κ1) is 11.9. The van der Waals surface area contributed by atoms with Crippen LogP contribution in [0.3, 0.4) is 0 Å². The van der Waals surface area contributed by atoms with E-state index in [0.29, 0.717) is 12.1 Å². The van der Waals surface area contributed by atoms with E-state index in [4.69, 9.17) is 4.74 Å². The average Bonchev–Trinajstić information content (AvgIpc) is 2.12. The molecule has 0 fully saturated rings. The lowest BCUT2D eigenvalue weighted by Gasteiger charge is -2.22. The third-order valence-electron chi connectivity index (χ3n) is 2.32. The highest BCUT2D eigenvalue weighted by atomic mass is 16.5. The standard InChI is InChI=1S/C10H23NO/c1-5-9(6-2)11-10(7-3)8-12-4/h9-11H,5-8H2,1-4H3. The molecule has 0 aliphatic carbocycles. The van der Waals surface area contributed by atoms with Crippen LogP contribution in [-0.2, 0) is 4.74 Å². The molecule has 74 valence electrons. The quantitative estimate of drug-likeness (QED) is 0.637. The van der Waals surface area contributed by atoms with Crippen molar-refractivity contribution in [2.45, 2.75) is 52.1 Å². The number of rotatable bonds is 7. The molecule has 1 atom stereocenters. The monoisotopic (exact) mass is 173 g/mol. The second-order valence-electron chi connectivity index (χ2n) is 3.24. The first-order valence-corrected chi connectivity index (χ1v) is 5.03. The minimum atomic E-state index is 0.528. The summed E-state index contributed by atoms with van der Waals surface area (Å²) in [7, 11) is 1.76. The molecular weight excluding hydrogens is 150 g/mol. The molecule has 0 aliphatic heterocycles. The van der Waals surface area contributed by atoms with Crippen molar-refractivity contribution in [1.82, 2.24) is 5.32 Å². The van der Waals surface area contributed by atoms with Gasteiger partial charge in [0, 0.05) is 19.2 Å². The summed E-state index contributed by atoms with van der Waals surface area (Å²) >= 11 is 0. The second-order valence-corrected chi connectivity index (χ2v) is 3.24. The van der Waals surface area contributed by atoms with E-state index in [1.165, 1.54) is 12.8 Å². The lowest BCUT2D eigenvalue weighted by molar-refractivity contribution is 0.157. The zero-order chi connectivity index (χ0) is 9.40. The lowest BCUT2D eigenvalue weighted by atomic mass is 10.1. The van der Waals surface area contributed by atoms with Crippen LogP contribution in [0.15, 0.2) is 0 Å². The Hall–Kier alpha value is -0.0800. The van der Waals surface area contributed by atoms with Crippen LogP contribution < -0.4 is 5.32 Å².